The third-order valence-electron chi connectivity index (χ3n) is 2.62. The Hall–Kier alpha value is -1.06. The van der Waals surface area contributed by atoms with E-state index in [1.165, 1.54) is 5.56 Å². The Morgan fingerprint density at radius 3 is 2.67 bits per heavy atom. The molecule has 3 heteroatoms. The second kappa shape index (κ2) is 8.95. The molecule has 0 aliphatic carbocycles. The lowest BCUT2D eigenvalue weighted by molar-refractivity contribution is 0.199. The molecule has 102 valence electrons. The number of benzene rings is 1. The minimum absolute atomic E-state index is 0.228. The highest BCUT2D eigenvalue weighted by molar-refractivity contribution is 5.33. The highest BCUT2D eigenvalue weighted by atomic mass is 16.5. The zero-order valence-corrected chi connectivity index (χ0v) is 11.7. The summed E-state index contributed by atoms with van der Waals surface area (Å²) < 4.78 is 10.8. The molecule has 18 heavy (non-hydrogen) atoms. The van der Waals surface area contributed by atoms with Gasteiger partial charge in [0.25, 0.3) is 0 Å². The molecule has 0 heterocycles. The molecule has 0 saturated heterocycles. The van der Waals surface area contributed by atoms with Gasteiger partial charge >= 0.3 is 0 Å². The quantitative estimate of drug-likeness (QED) is 0.684. The summed E-state index contributed by atoms with van der Waals surface area (Å²) in [6.07, 6.45) is 2.39. The van der Waals surface area contributed by atoms with Gasteiger partial charge in [-0.1, -0.05) is 18.2 Å². The topological polar surface area (TPSA) is 30.5 Å². The molecule has 1 rings (SSSR count). The summed E-state index contributed by atoms with van der Waals surface area (Å²) in [5, 5.41) is 3.35. The first-order chi connectivity index (χ1) is 8.74. The van der Waals surface area contributed by atoms with Crippen LogP contribution in [0.15, 0.2) is 24.3 Å². The lowest BCUT2D eigenvalue weighted by Gasteiger charge is -2.14. The predicted octanol–water partition coefficient (Wildman–Crippen LogP) is 2.64. The Balaban J connectivity index is 2.32. The maximum absolute atomic E-state index is 5.80. The summed E-state index contributed by atoms with van der Waals surface area (Å²) >= 11 is 0. The molecule has 0 fully saturated rings. The van der Waals surface area contributed by atoms with Crippen LogP contribution in [0.25, 0.3) is 0 Å². The normalized spacial score (nSPS) is 10.9. The molecule has 0 bridgehead atoms. The van der Waals surface area contributed by atoms with Crippen molar-refractivity contribution in [2.24, 2.45) is 0 Å². The van der Waals surface area contributed by atoms with Gasteiger partial charge in [0.05, 0.1) is 12.7 Å². The van der Waals surface area contributed by atoms with Crippen LogP contribution in [0.1, 0.15) is 25.8 Å². The van der Waals surface area contributed by atoms with Crippen LogP contribution in [-0.4, -0.2) is 32.9 Å². The molecule has 3 nitrogen and oxygen atoms in total. The number of aryl methyl sites for hydroxylation is 1. The Labute approximate surface area is 110 Å². The number of ether oxygens (including phenoxy) is 2. The standard InChI is InChI=1S/C15H25NO2/c1-13(2)18-15-9-5-4-7-14(15)8-6-10-16-11-12-17-3/h4-5,7,9,13,16H,6,8,10-12H2,1-3H3. The fraction of sp³-hybridized carbons (Fsp3) is 0.600. The molecular formula is C15H25NO2. The summed E-state index contributed by atoms with van der Waals surface area (Å²) in [7, 11) is 1.72. The molecule has 0 aromatic heterocycles. The van der Waals surface area contributed by atoms with Crippen molar-refractivity contribution in [1.29, 1.82) is 0 Å². The average molecular weight is 251 g/mol. The molecular weight excluding hydrogens is 226 g/mol. The van der Waals surface area contributed by atoms with Gasteiger partial charge in [0.2, 0.25) is 0 Å². The van der Waals surface area contributed by atoms with Crippen molar-refractivity contribution in [3.63, 3.8) is 0 Å². The van der Waals surface area contributed by atoms with E-state index < -0.39 is 0 Å². The van der Waals surface area contributed by atoms with Gasteiger partial charge < -0.3 is 14.8 Å². The van der Waals surface area contributed by atoms with Crippen molar-refractivity contribution in [1.82, 2.24) is 5.32 Å². The van der Waals surface area contributed by atoms with Gasteiger partial charge in [-0.05, 0) is 44.9 Å². The van der Waals surface area contributed by atoms with Crippen LogP contribution in [0.4, 0.5) is 0 Å². The van der Waals surface area contributed by atoms with Crippen molar-refractivity contribution in [3.05, 3.63) is 29.8 Å². The Morgan fingerprint density at radius 1 is 1.17 bits per heavy atom. The zero-order chi connectivity index (χ0) is 13.2. The molecule has 1 aromatic rings. The first-order valence-corrected chi connectivity index (χ1v) is 6.68. The number of nitrogens with one attached hydrogen (secondary N) is 1. The molecule has 0 unspecified atom stereocenters. The average Bonchev–Trinajstić information content (AvgIpc) is 2.35. The summed E-state index contributed by atoms with van der Waals surface area (Å²) in [4.78, 5) is 0. The second-order valence-electron chi connectivity index (χ2n) is 4.62. The summed E-state index contributed by atoms with van der Waals surface area (Å²) in [5.74, 6) is 1.02. The zero-order valence-electron chi connectivity index (χ0n) is 11.7. The first-order valence-electron chi connectivity index (χ1n) is 6.68. The van der Waals surface area contributed by atoms with Gasteiger partial charge in [-0.15, -0.1) is 0 Å². The largest absolute Gasteiger partial charge is 0.491 e. The van der Waals surface area contributed by atoms with E-state index >= 15 is 0 Å². The minimum atomic E-state index is 0.228. The van der Waals surface area contributed by atoms with E-state index in [1.54, 1.807) is 7.11 Å². The summed E-state index contributed by atoms with van der Waals surface area (Å²) in [5.41, 5.74) is 1.29. The van der Waals surface area contributed by atoms with Crippen LogP contribution in [0.3, 0.4) is 0 Å². The maximum Gasteiger partial charge on any atom is 0.122 e. The van der Waals surface area contributed by atoms with Crippen LogP contribution < -0.4 is 10.1 Å². The van der Waals surface area contributed by atoms with Gasteiger partial charge in [0.1, 0.15) is 5.75 Å². The van der Waals surface area contributed by atoms with Crippen molar-refractivity contribution < 1.29 is 9.47 Å². The minimum Gasteiger partial charge on any atom is -0.491 e. The van der Waals surface area contributed by atoms with E-state index in [1.807, 2.05) is 12.1 Å². The number of hydrogen-bond donors (Lipinski definition) is 1. The maximum atomic E-state index is 5.80. The van der Waals surface area contributed by atoms with E-state index in [2.05, 4.69) is 31.3 Å². The fourth-order valence-corrected chi connectivity index (χ4v) is 1.78. The van der Waals surface area contributed by atoms with Gasteiger partial charge in [-0.2, -0.15) is 0 Å². The lowest BCUT2D eigenvalue weighted by Crippen LogP contribution is -2.20. The van der Waals surface area contributed by atoms with Gasteiger partial charge in [-0.3, -0.25) is 0 Å². The molecule has 0 spiro atoms. The van der Waals surface area contributed by atoms with Crippen molar-refractivity contribution in [2.75, 3.05) is 26.8 Å². The monoisotopic (exact) mass is 251 g/mol. The number of rotatable bonds is 9. The van der Waals surface area contributed by atoms with Crippen molar-refractivity contribution >= 4 is 0 Å². The van der Waals surface area contributed by atoms with Crippen LogP contribution >= 0.6 is 0 Å². The Morgan fingerprint density at radius 2 is 1.94 bits per heavy atom. The van der Waals surface area contributed by atoms with Crippen LogP contribution in [0.2, 0.25) is 0 Å². The molecule has 0 amide bonds. The number of methoxy groups -OCH3 is 1. The van der Waals surface area contributed by atoms with Gasteiger partial charge in [0, 0.05) is 13.7 Å². The molecule has 0 radical (unpaired) electrons. The molecule has 0 saturated carbocycles. The molecule has 1 N–H and O–H groups in total. The van der Waals surface area contributed by atoms with E-state index in [-0.39, 0.29) is 6.10 Å². The number of para-hydroxylation sites is 1. The van der Waals surface area contributed by atoms with Crippen molar-refractivity contribution in [3.8, 4) is 5.75 Å². The van der Waals surface area contributed by atoms with Crippen LogP contribution in [0, 0.1) is 0 Å². The van der Waals surface area contributed by atoms with Crippen LogP contribution in [0.5, 0.6) is 5.75 Å². The SMILES string of the molecule is COCCNCCCc1ccccc1OC(C)C. The molecule has 0 aliphatic rings. The molecule has 0 aliphatic heterocycles. The Kier molecular flexibility index (Phi) is 7.46. The summed E-state index contributed by atoms with van der Waals surface area (Å²) in [6, 6.07) is 8.29. The highest BCUT2D eigenvalue weighted by Crippen LogP contribution is 2.20. The van der Waals surface area contributed by atoms with Crippen LogP contribution in [-0.2, 0) is 11.2 Å². The lowest BCUT2D eigenvalue weighted by atomic mass is 10.1. The number of hydrogen-bond acceptors (Lipinski definition) is 3. The Bertz CT molecular complexity index is 326. The van der Waals surface area contributed by atoms with E-state index in [0.29, 0.717) is 0 Å². The predicted molar refractivity (Wildman–Crippen MR) is 75.3 cm³/mol. The van der Waals surface area contributed by atoms with Gasteiger partial charge in [0.15, 0.2) is 0 Å². The van der Waals surface area contributed by atoms with E-state index in [0.717, 1.165) is 38.3 Å². The first kappa shape index (κ1) is 15.0. The molecule has 1 aromatic carbocycles. The second-order valence-corrected chi connectivity index (χ2v) is 4.62. The summed E-state index contributed by atoms with van der Waals surface area (Å²) in [6.45, 7) is 6.82. The van der Waals surface area contributed by atoms with Crippen molar-refractivity contribution in [2.45, 2.75) is 32.8 Å². The fourth-order valence-electron chi connectivity index (χ4n) is 1.78. The third-order valence-corrected chi connectivity index (χ3v) is 2.62. The smallest absolute Gasteiger partial charge is 0.122 e. The third kappa shape index (κ3) is 6.03. The van der Waals surface area contributed by atoms with E-state index in [9.17, 15) is 0 Å². The molecule has 0 atom stereocenters. The van der Waals surface area contributed by atoms with E-state index in [4.69, 9.17) is 9.47 Å². The highest BCUT2D eigenvalue weighted by Gasteiger charge is 2.04. The van der Waals surface area contributed by atoms with Gasteiger partial charge in [-0.25, -0.2) is 0 Å².